The van der Waals surface area contributed by atoms with Crippen molar-refractivity contribution >= 4 is 0 Å². The third-order valence-electron chi connectivity index (χ3n) is 3.42. The van der Waals surface area contributed by atoms with Crippen molar-refractivity contribution in [1.82, 2.24) is 0 Å². The Balaban J connectivity index is 1.87. The van der Waals surface area contributed by atoms with Gasteiger partial charge in [0.1, 0.15) is 0 Å². The highest BCUT2D eigenvalue weighted by atomic mass is 16.6. The first-order valence-corrected chi connectivity index (χ1v) is 6.38. The summed E-state index contributed by atoms with van der Waals surface area (Å²) in [5.74, 6) is 2.02. The van der Waals surface area contributed by atoms with Crippen LogP contribution in [0.2, 0.25) is 0 Å². The van der Waals surface area contributed by atoms with Crippen molar-refractivity contribution in [2.75, 3.05) is 0 Å². The van der Waals surface area contributed by atoms with Gasteiger partial charge in [-0.1, -0.05) is 60.7 Å². The van der Waals surface area contributed by atoms with Gasteiger partial charge < -0.3 is 4.74 Å². The Kier molecular flexibility index (Phi) is 2.18. The SMILES string of the molecule is c1ccc(-c2cc3c(c(-c4ccccc4)c2)O3)cc1. The molecule has 0 atom stereocenters. The number of ether oxygens (including phenoxy) is 1. The van der Waals surface area contributed by atoms with Gasteiger partial charge in [-0.15, -0.1) is 0 Å². The first kappa shape index (κ1) is 10.4. The normalized spacial score (nSPS) is 11.6. The van der Waals surface area contributed by atoms with E-state index in [0.29, 0.717) is 0 Å². The molecular weight excluding hydrogens is 232 g/mol. The minimum absolute atomic E-state index is 1.00. The lowest BCUT2D eigenvalue weighted by Gasteiger charge is -2.03. The van der Waals surface area contributed by atoms with Crippen LogP contribution in [0.1, 0.15) is 0 Å². The fourth-order valence-corrected chi connectivity index (χ4v) is 2.40. The van der Waals surface area contributed by atoms with Gasteiger partial charge in [0.05, 0.1) is 0 Å². The molecule has 0 fully saturated rings. The van der Waals surface area contributed by atoms with Crippen LogP contribution < -0.4 is 4.74 Å². The van der Waals surface area contributed by atoms with Crippen LogP contribution in [0.3, 0.4) is 0 Å². The van der Waals surface area contributed by atoms with Crippen molar-refractivity contribution in [3.8, 4) is 33.8 Å². The lowest BCUT2D eigenvalue weighted by atomic mass is 9.99. The third kappa shape index (κ3) is 1.80. The molecule has 0 spiro atoms. The Morgan fingerprint density at radius 3 is 1.89 bits per heavy atom. The summed E-state index contributed by atoms with van der Waals surface area (Å²) in [5, 5.41) is 0. The quantitative estimate of drug-likeness (QED) is 0.445. The van der Waals surface area contributed by atoms with Crippen molar-refractivity contribution in [1.29, 1.82) is 0 Å². The van der Waals surface area contributed by atoms with Gasteiger partial charge in [-0.2, -0.15) is 0 Å². The molecule has 0 saturated carbocycles. The van der Waals surface area contributed by atoms with Gasteiger partial charge in [-0.25, -0.2) is 0 Å². The topological polar surface area (TPSA) is 12.5 Å². The number of hydrogen-bond donors (Lipinski definition) is 0. The van der Waals surface area contributed by atoms with Crippen LogP contribution in [0.4, 0.5) is 0 Å². The molecule has 0 radical (unpaired) electrons. The van der Waals surface area contributed by atoms with Gasteiger partial charge in [0.2, 0.25) is 0 Å². The van der Waals surface area contributed by atoms with E-state index >= 15 is 0 Å². The lowest BCUT2D eigenvalue weighted by molar-refractivity contribution is 0.651. The molecule has 0 saturated heterocycles. The van der Waals surface area contributed by atoms with Gasteiger partial charge in [0, 0.05) is 5.56 Å². The van der Waals surface area contributed by atoms with Crippen LogP contribution in [0.5, 0.6) is 11.5 Å². The zero-order valence-corrected chi connectivity index (χ0v) is 10.3. The smallest absolute Gasteiger partial charge is 0.177 e. The lowest BCUT2D eigenvalue weighted by Crippen LogP contribution is -1.77. The van der Waals surface area contributed by atoms with E-state index in [1.165, 1.54) is 22.3 Å². The summed E-state index contributed by atoms with van der Waals surface area (Å²) in [7, 11) is 0. The second-order valence-corrected chi connectivity index (χ2v) is 4.69. The summed E-state index contributed by atoms with van der Waals surface area (Å²) >= 11 is 0. The minimum Gasteiger partial charge on any atom is -0.449 e. The van der Waals surface area contributed by atoms with Crippen LogP contribution in [-0.2, 0) is 0 Å². The van der Waals surface area contributed by atoms with E-state index in [1.54, 1.807) is 0 Å². The highest BCUT2D eigenvalue weighted by Gasteiger charge is 2.26. The highest BCUT2D eigenvalue weighted by Crippen LogP contribution is 2.54. The van der Waals surface area contributed by atoms with E-state index < -0.39 is 0 Å². The second-order valence-electron chi connectivity index (χ2n) is 4.69. The molecule has 0 N–H and O–H groups in total. The Labute approximate surface area is 112 Å². The fourth-order valence-electron chi connectivity index (χ4n) is 2.40. The van der Waals surface area contributed by atoms with Crippen molar-refractivity contribution in [3.05, 3.63) is 72.8 Å². The van der Waals surface area contributed by atoms with Gasteiger partial charge in [-0.3, -0.25) is 0 Å². The minimum atomic E-state index is 1.00. The van der Waals surface area contributed by atoms with Gasteiger partial charge in [0.15, 0.2) is 11.5 Å². The number of rotatable bonds is 2. The van der Waals surface area contributed by atoms with E-state index in [4.69, 9.17) is 4.74 Å². The van der Waals surface area contributed by atoms with E-state index in [1.807, 2.05) is 12.1 Å². The zero-order chi connectivity index (χ0) is 12.7. The standard InChI is InChI=1S/C18H12O/c1-3-7-13(8-4-1)15-11-16(18-17(12-15)19-18)14-9-5-2-6-10-14/h1-12H. The average molecular weight is 244 g/mol. The van der Waals surface area contributed by atoms with Crippen LogP contribution in [0.15, 0.2) is 72.8 Å². The Morgan fingerprint density at radius 1 is 0.579 bits per heavy atom. The average Bonchev–Trinajstić information content (AvgIpc) is 3.27. The first-order chi connectivity index (χ1) is 9.42. The first-order valence-electron chi connectivity index (χ1n) is 6.38. The molecule has 19 heavy (non-hydrogen) atoms. The molecule has 1 heterocycles. The second kappa shape index (κ2) is 3.99. The molecule has 90 valence electrons. The van der Waals surface area contributed by atoms with Crippen molar-refractivity contribution in [2.45, 2.75) is 0 Å². The Morgan fingerprint density at radius 2 is 1.21 bits per heavy atom. The van der Waals surface area contributed by atoms with Gasteiger partial charge >= 0.3 is 0 Å². The van der Waals surface area contributed by atoms with Crippen LogP contribution >= 0.6 is 0 Å². The van der Waals surface area contributed by atoms with Gasteiger partial charge in [-0.05, 0) is 28.8 Å². The van der Waals surface area contributed by atoms with Crippen molar-refractivity contribution in [2.24, 2.45) is 0 Å². The van der Waals surface area contributed by atoms with E-state index in [9.17, 15) is 0 Å². The molecule has 1 aliphatic rings. The maximum atomic E-state index is 5.59. The molecule has 1 heteroatoms. The maximum absolute atomic E-state index is 5.59. The predicted molar refractivity (Wildman–Crippen MR) is 77.4 cm³/mol. The fraction of sp³-hybridized carbons (Fsp3) is 0. The highest BCUT2D eigenvalue weighted by molar-refractivity contribution is 5.85. The third-order valence-corrected chi connectivity index (χ3v) is 3.42. The summed E-state index contributed by atoms with van der Waals surface area (Å²) < 4.78 is 5.59. The Bertz CT molecular complexity index is 730. The van der Waals surface area contributed by atoms with E-state index in [-0.39, 0.29) is 0 Å². The van der Waals surface area contributed by atoms with Crippen molar-refractivity contribution < 1.29 is 4.74 Å². The summed E-state index contributed by atoms with van der Waals surface area (Å²) in [6, 6.07) is 25.1. The maximum Gasteiger partial charge on any atom is 0.177 e. The molecule has 0 aliphatic carbocycles. The monoisotopic (exact) mass is 244 g/mol. The molecule has 3 aromatic rings. The molecule has 0 amide bonds. The summed E-state index contributed by atoms with van der Waals surface area (Å²) in [5.41, 5.74) is 4.81. The van der Waals surface area contributed by atoms with E-state index in [0.717, 1.165) is 11.5 Å². The van der Waals surface area contributed by atoms with E-state index in [2.05, 4.69) is 60.7 Å². The van der Waals surface area contributed by atoms with Crippen LogP contribution in [-0.4, -0.2) is 0 Å². The zero-order valence-electron chi connectivity index (χ0n) is 10.3. The molecule has 0 aromatic heterocycles. The van der Waals surface area contributed by atoms with Gasteiger partial charge in [0.25, 0.3) is 0 Å². The number of fused-ring (bicyclic) bond motifs is 1. The molecule has 3 aromatic carbocycles. The molecule has 0 bridgehead atoms. The van der Waals surface area contributed by atoms with Crippen LogP contribution in [0, 0.1) is 0 Å². The van der Waals surface area contributed by atoms with Crippen LogP contribution in [0.25, 0.3) is 22.3 Å². The summed E-state index contributed by atoms with van der Waals surface area (Å²) in [6.45, 7) is 0. The predicted octanol–water partition coefficient (Wildman–Crippen LogP) is 5.13. The molecule has 4 rings (SSSR count). The van der Waals surface area contributed by atoms with Crippen molar-refractivity contribution in [3.63, 3.8) is 0 Å². The molecular formula is C18H12O. The largest absolute Gasteiger partial charge is 0.449 e. The molecule has 1 aliphatic heterocycles. The summed E-state index contributed by atoms with van der Waals surface area (Å²) in [4.78, 5) is 0. The molecule has 1 nitrogen and oxygen atoms in total. The number of hydrogen-bond acceptors (Lipinski definition) is 1. The number of benzene rings is 3. The Hall–Kier alpha value is -2.54. The summed E-state index contributed by atoms with van der Waals surface area (Å²) in [6.07, 6.45) is 0. The molecule has 0 unspecified atom stereocenters.